The summed E-state index contributed by atoms with van der Waals surface area (Å²) in [7, 11) is -1.55. The first-order chi connectivity index (χ1) is 21.0. The van der Waals surface area contributed by atoms with E-state index in [0.29, 0.717) is 5.92 Å². The quantitative estimate of drug-likeness (QED) is 0.145. The van der Waals surface area contributed by atoms with Crippen LogP contribution in [0.5, 0.6) is 0 Å². The van der Waals surface area contributed by atoms with Gasteiger partial charge in [-0.05, 0) is 51.1 Å². The van der Waals surface area contributed by atoms with Gasteiger partial charge in [-0.1, -0.05) is 158 Å². The van der Waals surface area contributed by atoms with E-state index in [2.05, 4.69) is 141 Å². The molecule has 0 nitrogen and oxygen atoms in total. The molecule has 1 fully saturated rings. The summed E-state index contributed by atoms with van der Waals surface area (Å²) < 4.78 is 0. The summed E-state index contributed by atoms with van der Waals surface area (Å²) in [6.45, 7) is 5.38. The van der Waals surface area contributed by atoms with E-state index >= 15 is 0 Å². The summed E-state index contributed by atoms with van der Waals surface area (Å²) >= 11 is 0. The van der Waals surface area contributed by atoms with Gasteiger partial charge in [0.1, 0.15) is 0 Å². The molecule has 0 N–H and O–H groups in total. The fraction of sp³-hybridized carbons (Fsp3) is 0.220. The second kappa shape index (κ2) is 10.5. The van der Waals surface area contributed by atoms with Crippen molar-refractivity contribution in [3.63, 3.8) is 0 Å². The van der Waals surface area contributed by atoms with Crippen LogP contribution in [-0.4, -0.2) is 25.4 Å². The zero-order chi connectivity index (χ0) is 29.0. The lowest BCUT2D eigenvalue weighted by Gasteiger charge is -2.46. The van der Waals surface area contributed by atoms with E-state index in [9.17, 15) is 0 Å². The van der Waals surface area contributed by atoms with Crippen LogP contribution in [0.2, 0.25) is 0 Å². The number of hydrogen-bond acceptors (Lipinski definition) is 0. The van der Waals surface area contributed by atoms with E-state index < -0.39 is 13.0 Å². The second-order valence-electron chi connectivity index (χ2n) is 13.8. The highest BCUT2D eigenvalue weighted by Crippen LogP contribution is 2.71. The van der Waals surface area contributed by atoms with Crippen LogP contribution in [0.4, 0.5) is 0 Å². The lowest BCUT2D eigenvalue weighted by Crippen LogP contribution is -2.59. The highest BCUT2D eigenvalue weighted by molar-refractivity contribution is 8.14. The molecule has 1 saturated carbocycles. The molecule has 0 radical (unpaired) electrons. The highest BCUT2D eigenvalue weighted by atomic mass is 31.2. The first-order valence-electron chi connectivity index (χ1n) is 16.2. The first kappa shape index (κ1) is 26.9. The molecule has 1 heterocycles. The van der Waals surface area contributed by atoms with Gasteiger partial charge in [-0.25, -0.2) is 0 Å². The molecule has 1 aliphatic heterocycles. The van der Waals surface area contributed by atoms with Crippen molar-refractivity contribution in [1.29, 1.82) is 0 Å². The maximum Gasteiger partial charge on any atom is 0.246 e. The zero-order valence-electron chi connectivity index (χ0n) is 25.5. The minimum absolute atomic E-state index is 0.694. The third-order valence-corrected chi connectivity index (χ3v) is 15.2. The highest BCUT2D eigenvalue weighted by Gasteiger charge is 2.57. The van der Waals surface area contributed by atoms with Gasteiger partial charge >= 0.3 is 0 Å². The zero-order valence-corrected chi connectivity index (χ0v) is 26.4. The predicted octanol–water partition coefficient (Wildman–Crippen LogP) is 10.1. The molecule has 0 aromatic heterocycles. The molecule has 8 rings (SSSR count). The Bertz CT molecular complexity index is 1950. The topological polar surface area (TPSA) is 0 Å². The predicted molar refractivity (Wildman–Crippen MR) is 194 cm³/mol. The molecule has 0 amide bonds. The van der Waals surface area contributed by atoms with E-state index in [-0.39, 0.29) is 0 Å². The average molecular weight is 575 g/mol. The number of rotatable bonds is 4. The van der Waals surface area contributed by atoms with Crippen LogP contribution in [-0.2, 0) is 0 Å². The van der Waals surface area contributed by atoms with Crippen LogP contribution < -0.4 is 10.9 Å². The number of allylic oxidation sites excluding steroid dienone is 1. The molecular formula is C41H40BP. The third kappa shape index (κ3) is 4.31. The second-order valence-corrected chi connectivity index (χ2v) is 18.5. The van der Waals surface area contributed by atoms with E-state index in [1.54, 1.807) is 11.0 Å². The van der Waals surface area contributed by atoms with Crippen LogP contribution in [0.1, 0.15) is 37.7 Å². The van der Waals surface area contributed by atoms with Crippen LogP contribution in [0.15, 0.2) is 133 Å². The standard InChI is InChI=1S/C41H40BP/c1-43(2)29-40(33-15-4-3-5-16-33)41(37-21-20-30-12-6-9-17-34(30)26-37)42(43,38-24-22-31-13-7-10-18-35(31)27-38)39-25-23-32-14-8-11-19-36(32)28-39/h6-14,17-28,33H,3-5,15-16,29H2,1-2H3. The molecule has 0 spiro atoms. The van der Waals surface area contributed by atoms with Crippen LogP contribution in [0.3, 0.4) is 0 Å². The summed E-state index contributed by atoms with van der Waals surface area (Å²) in [5.74, 6) is -0.515. The third-order valence-electron chi connectivity index (χ3n) is 11.1. The number of benzene rings is 6. The molecule has 0 bridgehead atoms. The van der Waals surface area contributed by atoms with Crippen molar-refractivity contribution in [2.45, 2.75) is 32.1 Å². The van der Waals surface area contributed by atoms with Crippen molar-refractivity contribution in [2.24, 2.45) is 5.92 Å². The Morgan fingerprint density at radius 2 is 0.977 bits per heavy atom. The Labute approximate surface area is 257 Å². The average Bonchev–Trinajstić information content (AvgIpc) is 3.32. The molecule has 0 unspecified atom stereocenters. The number of fused-ring (bicyclic) bond motifs is 3. The normalized spacial score (nSPS) is 18.6. The molecule has 43 heavy (non-hydrogen) atoms. The molecule has 2 heteroatoms. The van der Waals surface area contributed by atoms with E-state index in [4.69, 9.17) is 0 Å². The van der Waals surface area contributed by atoms with Crippen molar-refractivity contribution < 1.29 is 0 Å². The van der Waals surface area contributed by atoms with Crippen molar-refractivity contribution in [1.82, 2.24) is 0 Å². The van der Waals surface area contributed by atoms with Gasteiger partial charge in [0.05, 0.1) is 0 Å². The van der Waals surface area contributed by atoms with Gasteiger partial charge in [-0.15, -0.1) is 12.6 Å². The molecule has 6 aromatic rings. The van der Waals surface area contributed by atoms with Crippen LogP contribution >= 0.6 is 7.14 Å². The lowest BCUT2D eigenvalue weighted by molar-refractivity contribution is 0.405. The lowest BCUT2D eigenvalue weighted by atomic mass is 9.32. The Kier molecular flexibility index (Phi) is 6.58. The smallest absolute Gasteiger partial charge is 0.157 e. The van der Waals surface area contributed by atoms with Gasteiger partial charge in [-0.2, -0.15) is 10.9 Å². The van der Waals surface area contributed by atoms with Crippen LogP contribution in [0.25, 0.3) is 37.8 Å². The van der Waals surface area contributed by atoms with Gasteiger partial charge in [0.15, 0.2) is 0 Å². The maximum atomic E-state index is 2.69. The Morgan fingerprint density at radius 1 is 0.512 bits per heavy atom. The molecule has 212 valence electrons. The summed E-state index contributed by atoms with van der Waals surface area (Å²) in [5, 5.41) is 8.03. The minimum Gasteiger partial charge on any atom is -0.157 e. The van der Waals surface area contributed by atoms with E-state index in [1.807, 2.05) is 0 Å². The van der Waals surface area contributed by atoms with Crippen molar-refractivity contribution >= 4 is 61.7 Å². The minimum atomic E-state index is -1.55. The largest absolute Gasteiger partial charge is 0.246 e. The van der Waals surface area contributed by atoms with E-state index in [0.717, 1.165) is 0 Å². The molecule has 0 atom stereocenters. The summed E-state index contributed by atoms with van der Waals surface area (Å²) in [4.78, 5) is 0. The van der Waals surface area contributed by atoms with Gasteiger partial charge in [0, 0.05) is 19.5 Å². The maximum absolute atomic E-state index is 2.69. The molecule has 0 saturated heterocycles. The number of hydrogen-bond donors (Lipinski definition) is 0. The van der Waals surface area contributed by atoms with E-state index in [1.165, 1.54) is 87.1 Å². The van der Waals surface area contributed by atoms with Crippen molar-refractivity contribution in [3.05, 3.63) is 139 Å². The monoisotopic (exact) mass is 574 g/mol. The molecule has 1 aliphatic carbocycles. The molecule has 2 aliphatic rings. The Morgan fingerprint density at radius 3 is 1.51 bits per heavy atom. The first-order valence-corrected chi connectivity index (χ1v) is 19.2. The van der Waals surface area contributed by atoms with Crippen LogP contribution in [0, 0.1) is 5.92 Å². The molecule has 6 aromatic carbocycles. The fourth-order valence-electron chi connectivity index (χ4n) is 9.13. The molecular weight excluding hydrogens is 534 g/mol. The summed E-state index contributed by atoms with van der Waals surface area (Å²) in [6.07, 6.45) is 8.06. The van der Waals surface area contributed by atoms with Gasteiger partial charge in [-0.3, -0.25) is 0 Å². The Balaban J connectivity index is 1.50. The fourth-order valence-corrected chi connectivity index (χ4v) is 13.7. The van der Waals surface area contributed by atoms with Gasteiger partial charge in [0.25, 0.3) is 0 Å². The summed E-state index contributed by atoms with van der Waals surface area (Å²) in [6, 6.07) is 49.1. The Hall–Kier alpha value is -3.67. The van der Waals surface area contributed by atoms with Gasteiger partial charge in [0.2, 0.25) is 5.87 Å². The van der Waals surface area contributed by atoms with Crippen molar-refractivity contribution in [2.75, 3.05) is 19.5 Å². The van der Waals surface area contributed by atoms with Gasteiger partial charge < -0.3 is 0 Å². The summed E-state index contributed by atoms with van der Waals surface area (Å²) in [5.41, 5.74) is 7.98. The SMILES string of the molecule is C[P+]1(C)CC(C2CCCCC2)=C(c2ccc3ccccc3c2)[B-]1(c1ccc2ccccc2c1)c1ccc2ccccc2c1. The van der Waals surface area contributed by atoms with Crippen molar-refractivity contribution in [3.8, 4) is 0 Å².